The molecule has 7 heteroatoms. The highest BCUT2D eigenvalue weighted by molar-refractivity contribution is 5.91. The highest BCUT2D eigenvalue weighted by Crippen LogP contribution is 2.23. The Bertz CT molecular complexity index is 983. The highest BCUT2D eigenvalue weighted by atomic mass is 15.3. The van der Waals surface area contributed by atoms with Gasteiger partial charge in [0, 0.05) is 30.5 Å². The number of nitrogens with one attached hydrogen (secondary N) is 2. The van der Waals surface area contributed by atoms with E-state index in [1.807, 2.05) is 42.5 Å². The van der Waals surface area contributed by atoms with Gasteiger partial charge >= 0.3 is 0 Å². The zero-order chi connectivity index (χ0) is 16.9. The SMILES string of the molecule is c1cnc2c(Nc3nncc(NCc4ccncc4)n3)cccc2c1. The van der Waals surface area contributed by atoms with Crippen molar-refractivity contribution in [3.05, 3.63) is 72.8 Å². The Balaban J connectivity index is 1.53. The molecule has 0 radical (unpaired) electrons. The van der Waals surface area contributed by atoms with Gasteiger partial charge in [-0.3, -0.25) is 9.97 Å². The molecule has 3 aromatic heterocycles. The van der Waals surface area contributed by atoms with Gasteiger partial charge in [0.1, 0.15) is 0 Å². The molecule has 0 aliphatic carbocycles. The minimum atomic E-state index is 0.415. The number of pyridine rings is 2. The third-order valence-electron chi connectivity index (χ3n) is 3.66. The maximum absolute atomic E-state index is 4.45. The number of aromatic nitrogens is 5. The van der Waals surface area contributed by atoms with E-state index in [1.54, 1.807) is 24.8 Å². The van der Waals surface area contributed by atoms with Crippen LogP contribution in [-0.2, 0) is 6.54 Å². The van der Waals surface area contributed by atoms with Crippen LogP contribution in [0.1, 0.15) is 5.56 Å². The Morgan fingerprint density at radius 1 is 0.920 bits per heavy atom. The predicted molar refractivity (Wildman–Crippen MR) is 96.4 cm³/mol. The molecule has 7 nitrogen and oxygen atoms in total. The molecular weight excluding hydrogens is 314 g/mol. The van der Waals surface area contributed by atoms with Gasteiger partial charge in [-0.1, -0.05) is 18.2 Å². The van der Waals surface area contributed by atoms with E-state index in [0.717, 1.165) is 22.2 Å². The van der Waals surface area contributed by atoms with E-state index in [1.165, 1.54) is 0 Å². The van der Waals surface area contributed by atoms with E-state index in [9.17, 15) is 0 Å². The van der Waals surface area contributed by atoms with Crippen molar-refractivity contribution in [3.8, 4) is 0 Å². The summed E-state index contributed by atoms with van der Waals surface area (Å²) in [5.41, 5.74) is 2.82. The van der Waals surface area contributed by atoms with E-state index in [0.29, 0.717) is 18.3 Å². The average molecular weight is 329 g/mol. The zero-order valence-corrected chi connectivity index (χ0v) is 13.3. The van der Waals surface area contributed by atoms with Gasteiger partial charge in [0.15, 0.2) is 5.82 Å². The van der Waals surface area contributed by atoms with Crippen molar-refractivity contribution >= 4 is 28.4 Å². The zero-order valence-electron chi connectivity index (χ0n) is 13.3. The maximum atomic E-state index is 4.45. The molecule has 0 unspecified atom stereocenters. The van der Waals surface area contributed by atoms with E-state index >= 15 is 0 Å². The van der Waals surface area contributed by atoms with Crippen molar-refractivity contribution in [3.63, 3.8) is 0 Å². The predicted octanol–water partition coefficient (Wildman–Crippen LogP) is 3.17. The van der Waals surface area contributed by atoms with Gasteiger partial charge < -0.3 is 10.6 Å². The molecule has 4 rings (SSSR count). The summed E-state index contributed by atoms with van der Waals surface area (Å²) >= 11 is 0. The largest absolute Gasteiger partial charge is 0.365 e. The van der Waals surface area contributed by atoms with Gasteiger partial charge in [-0.25, -0.2) is 0 Å². The molecule has 1 aromatic carbocycles. The summed E-state index contributed by atoms with van der Waals surface area (Å²) in [6.45, 7) is 0.635. The molecule has 0 atom stereocenters. The molecule has 4 aromatic rings. The normalized spacial score (nSPS) is 10.6. The fourth-order valence-electron chi connectivity index (χ4n) is 2.46. The molecular formula is C18H15N7. The van der Waals surface area contributed by atoms with Crippen molar-refractivity contribution in [2.45, 2.75) is 6.54 Å². The molecule has 0 amide bonds. The summed E-state index contributed by atoms with van der Waals surface area (Å²) in [6.07, 6.45) is 6.87. The number of hydrogen-bond donors (Lipinski definition) is 2. The summed E-state index contributed by atoms with van der Waals surface area (Å²) in [5, 5.41) is 15.5. The minimum absolute atomic E-state index is 0.415. The number of benzene rings is 1. The number of nitrogens with zero attached hydrogens (tertiary/aromatic N) is 5. The van der Waals surface area contributed by atoms with Gasteiger partial charge in [0.05, 0.1) is 17.4 Å². The van der Waals surface area contributed by atoms with Crippen LogP contribution >= 0.6 is 0 Å². The second-order valence-electron chi connectivity index (χ2n) is 5.38. The van der Waals surface area contributed by atoms with Crippen LogP contribution < -0.4 is 10.6 Å². The van der Waals surface area contributed by atoms with Crippen molar-refractivity contribution in [2.24, 2.45) is 0 Å². The number of fused-ring (bicyclic) bond motifs is 1. The Labute approximate surface area is 144 Å². The molecule has 3 heterocycles. The van der Waals surface area contributed by atoms with Crippen LogP contribution in [0.25, 0.3) is 10.9 Å². The molecule has 0 saturated heterocycles. The fourth-order valence-corrected chi connectivity index (χ4v) is 2.46. The van der Waals surface area contributed by atoms with Crippen LogP contribution in [0.15, 0.2) is 67.3 Å². The molecule has 2 N–H and O–H groups in total. The quantitative estimate of drug-likeness (QED) is 0.581. The lowest BCUT2D eigenvalue weighted by molar-refractivity contribution is 0.965. The van der Waals surface area contributed by atoms with Crippen molar-refractivity contribution in [2.75, 3.05) is 10.6 Å². The lowest BCUT2D eigenvalue weighted by Crippen LogP contribution is -2.06. The maximum Gasteiger partial charge on any atom is 0.249 e. The van der Waals surface area contributed by atoms with E-state index in [2.05, 4.69) is 35.8 Å². The second-order valence-corrected chi connectivity index (χ2v) is 5.38. The molecule has 0 aliphatic rings. The van der Waals surface area contributed by atoms with Crippen LogP contribution in [-0.4, -0.2) is 25.1 Å². The van der Waals surface area contributed by atoms with Crippen molar-refractivity contribution < 1.29 is 0 Å². The number of anilines is 3. The number of para-hydroxylation sites is 1. The third kappa shape index (κ3) is 3.50. The summed E-state index contributed by atoms with van der Waals surface area (Å²) in [4.78, 5) is 12.9. The van der Waals surface area contributed by atoms with Crippen LogP contribution in [0, 0.1) is 0 Å². The lowest BCUT2D eigenvalue weighted by Gasteiger charge is -2.09. The molecule has 0 bridgehead atoms. The summed E-state index contributed by atoms with van der Waals surface area (Å²) < 4.78 is 0. The highest BCUT2D eigenvalue weighted by Gasteiger charge is 2.05. The monoisotopic (exact) mass is 329 g/mol. The van der Waals surface area contributed by atoms with Gasteiger partial charge in [-0.05, 0) is 29.8 Å². The summed E-state index contributed by atoms with van der Waals surface area (Å²) in [5.74, 6) is 1.06. The second kappa shape index (κ2) is 6.88. The first kappa shape index (κ1) is 14.9. The molecule has 25 heavy (non-hydrogen) atoms. The molecule has 0 fully saturated rings. The Morgan fingerprint density at radius 2 is 1.80 bits per heavy atom. The lowest BCUT2D eigenvalue weighted by atomic mass is 10.2. The molecule has 0 aliphatic heterocycles. The van der Waals surface area contributed by atoms with E-state index < -0.39 is 0 Å². The van der Waals surface area contributed by atoms with E-state index in [4.69, 9.17) is 0 Å². The molecule has 0 spiro atoms. The Hall–Kier alpha value is -3.61. The van der Waals surface area contributed by atoms with Crippen LogP contribution in [0.5, 0.6) is 0 Å². The number of rotatable bonds is 5. The molecule has 0 saturated carbocycles. The topological polar surface area (TPSA) is 88.5 Å². The van der Waals surface area contributed by atoms with Gasteiger partial charge in [0.25, 0.3) is 0 Å². The van der Waals surface area contributed by atoms with Crippen LogP contribution in [0.2, 0.25) is 0 Å². The number of hydrogen-bond acceptors (Lipinski definition) is 7. The summed E-state index contributed by atoms with van der Waals surface area (Å²) in [6, 6.07) is 13.7. The first-order valence-electron chi connectivity index (χ1n) is 7.82. The van der Waals surface area contributed by atoms with Crippen molar-refractivity contribution in [1.29, 1.82) is 0 Å². The average Bonchev–Trinajstić information content (AvgIpc) is 2.68. The molecule has 122 valence electrons. The van der Waals surface area contributed by atoms with Crippen LogP contribution in [0.3, 0.4) is 0 Å². The van der Waals surface area contributed by atoms with Crippen molar-refractivity contribution in [1.82, 2.24) is 25.1 Å². The standard InChI is InChI=1S/C18H15N7/c1-3-14-4-2-8-20-17(14)15(5-1)23-18-24-16(12-22-25-18)21-11-13-6-9-19-10-7-13/h1-10,12H,11H2,(H2,21,23,24,25). The van der Waals surface area contributed by atoms with Crippen LogP contribution in [0.4, 0.5) is 17.5 Å². The Morgan fingerprint density at radius 3 is 2.72 bits per heavy atom. The summed E-state index contributed by atoms with van der Waals surface area (Å²) in [7, 11) is 0. The Kier molecular flexibility index (Phi) is 4.11. The fraction of sp³-hybridized carbons (Fsp3) is 0.0556. The smallest absolute Gasteiger partial charge is 0.249 e. The minimum Gasteiger partial charge on any atom is -0.365 e. The first-order chi connectivity index (χ1) is 12.4. The first-order valence-corrected chi connectivity index (χ1v) is 7.82. The van der Waals surface area contributed by atoms with E-state index in [-0.39, 0.29) is 0 Å². The third-order valence-corrected chi connectivity index (χ3v) is 3.66. The van der Waals surface area contributed by atoms with Gasteiger partial charge in [-0.15, -0.1) is 5.10 Å². The van der Waals surface area contributed by atoms with Gasteiger partial charge in [-0.2, -0.15) is 10.1 Å². The van der Waals surface area contributed by atoms with Gasteiger partial charge in [0.2, 0.25) is 5.95 Å².